The highest BCUT2D eigenvalue weighted by Gasteiger charge is 2.36. The molecule has 0 aromatic heterocycles. The predicted molar refractivity (Wildman–Crippen MR) is 80.3 cm³/mol. The largest absolute Gasteiger partial charge is 0.481 e. The van der Waals surface area contributed by atoms with Crippen molar-refractivity contribution in [2.75, 3.05) is 39.3 Å². The fourth-order valence-corrected chi connectivity index (χ4v) is 3.16. The molecule has 2 aliphatic rings. The van der Waals surface area contributed by atoms with Gasteiger partial charge in [-0.3, -0.25) is 19.2 Å². The quantitative estimate of drug-likeness (QED) is 0.686. The van der Waals surface area contributed by atoms with Gasteiger partial charge in [0.2, 0.25) is 5.91 Å². The smallest absolute Gasteiger partial charge is 0.312 e. The van der Waals surface area contributed by atoms with E-state index in [0.29, 0.717) is 32.6 Å². The summed E-state index contributed by atoms with van der Waals surface area (Å²) in [6.45, 7) is 5.41. The Balaban J connectivity index is 1.97. The Bertz CT molecular complexity index is 521. The van der Waals surface area contributed by atoms with E-state index >= 15 is 0 Å². The van der Waals surface area contributed by atoms with E-state index in [-0.39, 0.29) is 24.9 Å². The summed E-state index contributed by atoms with van der Waals surface area (Å²) in [5.41, 5.74) is 0. The summed E-state index contributed by atoms with van der Waals surface area (Å²) < 4.78 is 0. The molecule has 0 radical (unpaired) electrons. The molecule has 2 atom stereocenters. The Morgan fingerprint density at radius 1 is 1.13 bits per heavy atom. The monoisotopic (exact) mass is 325 g/mol. The first-order valence-electron chi connectivity index (χ1n) is 7.92. The molecule has 8 heteroatoms. The van der Waals surface area contributed by atoms with Gasteiger partial charge in [0.05, 0.1) is 5.92 Å². The normalized spacial score (nSPS) is 25.7. The number of carboxylic acids is 1. The van der Waals surface area contributed by atoms with Crippen molar-refractivity contribution in [1.82, 2.24) is 14.7 Å². The standard InChI is InChI=1S/C15H23N3O5/c1-3-16-4-5-17(14(21)13(16)20)9-12(19)18-7-10(2)6-11(8-18)15(22)23/h10-11H,3-9H2,1-2H3,(H,22,23). The molecule has 2 rings (SSSR count). The van der Waals surface area contributed by atoms with Crippen molar-refractivity contribution in [3.05, 3.63) is 0 Å². The van der Waals surface area contributed by atoms with E-state index in [1.54, 1.807) is 6.92 Å². The maximum atomic E-state index is 12.4. The zero-order valence-corrected chi connectivity index (χ0v) is 13.5. The van der Waals surface area contributed by atoms with Crippen LogP contribution in [0.25, 0.3) is 0 Å². The minimum Gasteiger partial charge on any atom is -0.481 e. The Morgan fingerprint density at radius 2 is 1.74 bits per heavy atom. The van der Waals surface area contributed by atoms with Crippen LogP contribution in [0.4, 0.5) is 0 Å². The third-order valence-corrected chi connectivity index (χ3v) is 4.47. The highest BCUT2D eigenvalue weighted by Crippen LogP contribution is 2.22. The summed E-state index contributed by atoms with van der Waals surface area (Å²) in [5, 5.41) is 9.16. The number of aliphatic carboxylic acids is 1. The van der Waals surface area contributed by atoms with E-state index < -0.39 is 23.7 Å². The van der Waals surface area contributed by atoms with E-state index in [1.165, 1.54) is 14.7 Å². The van der Waals surface area contributed by atoms with E-state index in [0.717, 1.165) is 0 Å². The van der Waals surface area contributed by atoms with E-state index in [4.69, 9.17) is 5.11 Å². The molecule has 0 saturated carbocycles. The molecule has 3 amide bonds. The van der Waals surface area contributed by atoms with Crippen LogP contribution in [0.3, 0.4) is 0 Å². The predicted octanol–water partition coefficient (Wildman–Crippen LogP) is -0.754. The van der Waals surface area contributed by atoms with Gasteiger partial charge >= 0.3 is 17.8 Å². The van der Waals surface area contributed by atoms with Crippen LogP contribution in [-0.2, 0) is 19.2 Å². The number of amides is 3. The highest BCUT2D eigenvalue weighted by atomic mass is 16.4. The molecule has 0 aliphatic carbocycles. The van der Waals surface area contributed by atoms with Crippen molar-refractivity contribution < 1.29 is 24.3 Å². The molecule has 2 aliphatic heterocycles. The van der Waals surface area contributed by atoms with Crippen LogP contribution in [0.5, 0.6) is 0 Å². The number of carbonyl (C=O) groups excluding carboxylic acids is 3. The number of likely N-dealkylation sites (N-methyl/N-ethyl adjacent to an activating group) is 1. The number of piperazine rings is 1. The second-order valence-electron chi connectivity index (χ2n) is 6.29. The number of carbonyl (C=O) groups is 4. The molecule has 2 unspecified atom stereocenters. The maximum Gasteiger partial charge on any atom is 0.312 e. The van der Waals surface area contributed by atoms with Gasteiger partial charge in [0.15, 0.2) is 0 Å². The van der Waals surface area contributed by atoms with Crippen molar-refractivity contribution in [1.29, 1.82) is 0 Å². The zero-order chi connectivity index (χ0) is 17.1. The number of carboxylic acid groups (broad SMARTS) is 1. The minimum atomic E-state index is -0.905. The van der Waals surface area contributed by atoms with Crippen molar-refractivity contribution in [3.8, 4) is 0 Å². The van der Waals surface area contributed by atoms with E-state index in [9.17, 15) is 19.2 Å². The van der Waals surface area contributed by atoms with Gasteiger partial charge in [-0.1, -0.05) is 6.92 Å². The van der Waals surface area contributed by atoms with Crippen LogP contribution in [0.15, 0.2) is 0 Å². The first-order valence-corrected chi connectivity index (χ1v) is 7.92. The molecule has 2 saturated heterocycles. The summed E-state index contributed by atoms with van der Waals surface area (Å²) >= 11 is 0. The fraction of sp³-hybridized carbons (Fsp3) is 0.733. The average molecular weight is 325 g/mol. The van der Waals surface area contributed by atoms with Crippen LogP contribution in [0.1, 0.15) is 20.3 Å². The van der Waals surface area contributed by atoms with Gasteiger partial charge in [0, 0.05) is 32.7 Å². The van der Waals surface area contributed by atoms with Crippen LogP contribution < -0.4 is 0 Å². The van der Waals surface area contributed by atoms with Crippen molar-refractivity contribution >= 4 is 23.7 Å². The summed E-state index contributed by atoms with van der Waals surface area (Å²) in [7, 11) is 0. The number of likely N-dealkylation sites (tertiary alicyclic amines) is 1. The van der Waals surface area contributed by atoms with Gasteiger partial charge in [-0.25, -0.2) is 0 Å². The average Bonchev–Trinajstić information content (AvgIpc) is 2.51. The lowest BCUT2D eigenvalue weighted by molar-refractivity contribution is -0.158. The molecule has 0 aromatic rings. The summed E-state index contributed by atoms with van der Waals surface area (Å²) in [5.74, 6) is -2.92. The van der Waals surface area contributed by atoms with Gasteiger partial charge in [-0.15, -0.1) is 0 Å². The molecule has 8 nitrogen and oxygen atoms in total. The first kappa shape index (κ1) is 17.2. The first-order chi connectivity index (χ1) is 10.8. The van der Waals surface area contributed by atoms with Gasteiger partial charge in [-0.05, 0) is 19.3 Å². The van der Waals surface area contributed by atoms with E-state index in [1.807, 2.05) is 6.92 Å². The Kier molecular flexibility index (Phi) is 5.23. The SMILES string of the molecule is CCN1CCN(CC(=O)N2CC(C)CC(C(=O)O)C2)C(=O)C1=O. The third kappa shape index (κ3) is 3.80. The van der Waals surface area contributed by atoms with Crippen LogP contribution in [0.2, 0.25) is 0 Å². The van der Waals surface area contributed by atoms with Crippen LogP contribution in [0, 0.1) is 11.8 Å². The highest BCUT2D eigenvalue weighted by molar-refractivity contribution is 6.35. The van der Waals surface area contributed by atoms with Gasteiger partial charge in [0.25, 0.3) is 0 Å². The maximum absolute atomic E-state index is 12.4. The molecule has 2 fully saturated rings. The van der Waals surface area contributed by atoms with Crippen LogP contribution >= 0.6 is 0 Å². The Morgan fingerprint density at radius 3 is 2.35 bits per heavy atom. The number of rotatable bonds is 4. The molecule has 23 heavy (non-hydrogen) atoms. The number of hydrogen-bond acceptors (Lipinski definition) is 4. The third-order valence-electron chi connectivity index (χ3n) is 4.47. The molecule has 0 bridgehead atoms. The Labute approximate surface area is 135 Å². The lowest BCUT2D eigenvalue weighted by Gasteiger charge is -2.37. The van der Waals surface area contributed by atoms with E-state index in [2.05, 4.69) is 0 Å². The molecular weight excluding hydrogens is 302 g/mol. The van der Waals surface area contributed by atoms with Crippen molar-refractivity contribution in [2.45, 2.75) is 20.3 Å². The molecule has 0 aromatic carbocycles. The number of nitrogens with zero attached hydrogens (tertiary/aromatic N) is 3. The second-order valence-corrected chi connectivity index (χ2v) is 6.29. The lowest BCUT2D eigenvalue weighted by Crippen LogP contribution is -2.57. The van der Waals surface area contributed by atoms with Crippen molar-refractivity contribution in [2.24, 2.45) is 11.8 Å². The molecule has 128 valence electrons. The van der Waals surface area contributed by atoms with Crippen LogP contribution in [-0.4, -0.2) is 82.8 Å². The molecule has 1 N–H and O–H groups in total. The summed E-state index contributed by atoms with van der Waals surface area (Å²) in [4.78, 5) is 51.6. The minimum absolute atomic E-state index is 0.100. The Hall–Kier alpha value is -2.12. The molecule has 2 heterocycles. The molecule has 0 spiro atoms. The number of hydrogen-bond donors (Lipinski definition) is 1. The fourth-order valence-electron chi connectivity index (χ4n) is 3.16. The van der Waals surface area contributed by atoms with Gasteiger partial charge in [0.1, 0.15) is 6.54 Å². The topological polar surface area (TPSA) is 98.2 Å². The van der Waals surface area contributed by atoms with Crippen molar-refractivity contribution in [3.63, 3.8) is 0 Å². The lowest BCUT2D eigenvalue weighted by atomic mass is 9.90. The van der Waals surface area contributed by atoms with Gasteiger partial charge in [-0.2, -0.15) is 0 Å². The zero-order valence-electron chi connectivity index (χ0n) is 13.5. The number of piperidine rings is 1. The molecular formula is C15H23N3O5. The van der Waals surface area contributed by atoms with Gasteiger partial charge < -0.3 is 19.8 Å². The summed E-state index contributed by atoms with van der Waals surface area (Å²) in [6, 6.07) is 0. The second kappa shape index (κ2) is 6.97. The summed E-state index contributed by atoms with van der Waals surface area (Å²) in [6.07, 6.45) is 0.547.